The van der Waals surface area contributed by atoms with Crippen molar-refractivity contribution in [1.82, 2.24) is 5.32 Å². The van der Waals surface area contributed by atoms with Gasteiger partial charge in [-0.15, -0.1) is 0 Å². The van der Waals surface area contributed by atoms with Gasteiger partial charge in [0.2, 0.25) is 0 Å². The molecular formula is C11H13F3N2O. The summed E-state index contributed by atoms with van der Waals surface area (Å²) in [5.74, 6) is -0.441. The zero-order valence-corrected chi connectivity index (χ0v) is 9.13. The highest BCUT2D eigenvalue weighted by atomic mass is 19.3. The van der Waals surface area contributed by atoms with E-state index >= 15 is 0 Å². The first-order valence-electron chi connectivity index (χ1n) is 5.37. The van der Waals surface area contributed by atoms with Gasteiger partial charge in [-0.25, -0.2) is 4.39 Å². The number of halogens is 3. The molecule has 0 saturated carbocycles. The second-order valence-corrected chi connectivity index (χ2v) is 3.73. The van der Waals surface area contributed by atoms with Gasteiger partial charge in [-0.3, -0.25) is 0 Å². The number of benzene rings is 1. The highest BCUT2D eigenvalue weighted by Crippen LogP contribution is 2.30. The average Bonchev–Trinajstić information content (AvgIpc) is 2.32. The van der Waals surface area contributed by atoms with E-state index in [2.05, 4.69) is 10.1 Å². The van der Waals surface area contributed by atoms with Gasteiger partial charge < -0.3 is 15.0 Å². The van der Waals surface area contributed by atoms with Gasteiger partial charge in [0.25, 0.3) is 0 Å². The summed E-state index contributed by atoms with van der Waals surface area (Å²) in [6.45, 7) is -0.136. The van der Waals surface area contributed by atoms with Crippen LogP contribution in [0.15, 0.2) is 18.2 Å². The highest BCUT2D eigenvalue weighted by molar-refractivity contribution is 5.59. The van der Waals surface area contributed by atoms with Crippen LogP contribution in [0.1, 0.15) is 0 Å². The molecule has 0 amide bonds. The Labute approximate surface area is 97.2 Å². The summed E-state index contributed by atoms with van der Waals surface area (Å²) in [7, 11) is 0. The lowest BCUT2D eigenvalue weighted by Crippen LogP contribution is -2.43. The molecular weight excluding hydrogens is 233 g/mol. The Bertz CT molecular complexity index is 381. The fraction of sp³-hybridized carbons (Fsp3) is 0.455. The summed E-state index contributed by atoms with van der Waals surface area (Å²) in [5, 5.41) is 3.13. The highest BCUT2D eigenvalue weighted by Gasteiger charge is 2.18. The third kappa shape index (κ3) is 3.03. The van der Waals surface area contributed by atoms with Crippen LogP contribution in [-0.2, 0) is 0 Å². The van der Waals surface area contributed by atoms with Gasteiger partial charge in [-0.2, -0.15) is 8.78 Å². The van der Waals surface area contributed by atoms with Crippen molar-refractivity contribution in [3.8, 4) is 5.75 Å². The number of ether oxygens (including phenoxy) is 1. The maximum atomic E-state index is 13.2. The Kier molecular flexibility index (Phi) is 3.73. The number of hydrogen-bond acceptors (Lipinski definition) is 3. The molecule has 17 heavy (non-hydrogen) atoms. The fourth-order valence-electron chi connectivity index (χ4n) is 1.84. The van der Waals surface area contributed by atoms with Crippen molar-refractivity contribution in [3.63, 3.8) is 0 Å². The SMILES string of the molecule is Fc1ccc(OC(F)F)c(N2CCNCC2)c1. The quantitative estimate of drug-likeness (QED) is 0.880. The Hall–Kier alpha value is -1.43. The molecule has 0 unspecified atom stereocenters. The van der Waals surface area contributed by atoms with Gasteiger partial charge >= 0.3 is 6.61 Å². The Morgan fingerprint density at radius 3 is 2.59 bits per heavy atom. The molecule has 1 N–H and O–H groups in total. The summed E-state index contributed by atoms with van der Waals surface area (Å²) < 4.78 is 42.0. The van der Waals surface area contributed by atoms with Gasteiger partial charge in [-0.1, -0.05) is 0 Å². The maximum absolute atomic E-state index is 13.2. The fourth-order valence-corrected chi connectivity index (χ4v) is 1.84. The smallest absolute Gasteiger partial charge is 0.387 e. The van der Waals surface area contributed by atoms with Crippen LogP contribution >= 0.6 is 0 Å². The lowest BCUT2D eigenvalue weighted by molar-refractivity contribution is -0.0495. The summed E-state index contributed by atoms with van der Waals surface area (Å²) in [6.07, 6.45) is 0. The first-order valence-corrected chi connectivity index (χ1v) is 5.37. The maximum Gasteiger partial charge on any atom is 0.387 e. The van der Waals surface area contributed by atoms with Crippen LogP contribution in [-0.4, -0.2) is 32.8 Å². The van der Waals surface area contributed by atoms with E-state index in [0.29, 0.717) is 18.8 Å². The standard InChI is InChI=1S/C11H13F3N2O/c12-8-1-2-10(17-11(13)14)9(7-8)16-5-3-15-4-6-16/h1-2,7,11,15H,3-6H2. The molecule has 0 atom stereocenters. The topological polar surface area (TPSA) is 24.5 Å². The third-order valence-electron chi connectivity index (χ3n) is 2.59. The van der Waals surface area contributed by atoms with E-state index in [4.69, 9.17) is 0 Å². The minimum absolute atomic E-state index is 0.0169. The predicted molar refractivity (Wildman–Crippen MR) is 58.1 cm³/mol. The molecule has 0 radical (unpaired) electrons. The molecule has 1 aromatic carbocycles. The normalized spacial score (nSPS) is 16.4. The van der Waals surface area contributed by atoms with E-state index in [-0.39, 0.29) is 5.75 Å². The molecule has 1 aliphatic heterocycles. The number of nitrogens with one attached hydrogen (secondary N) is 1. The van der Waals surface area contributed by atoms with Crippen molar-refractivity contribution in [3.05, 3.63) is 24.0 Å². The van der Waals surface area contributed by atoms with Crippen LogP contribution in [0, 0.1) is 5.82 Å². The van der Waals surface area contributed by atoms with Gasteiger partial charge in [0.1, 0.15) is 11.6 Å². The van der Waals surface area contributed by atoms with Crippen LogP contribution < -0.4 is 15.0 Å². The van der Waals surface area contributed by atoms with Gasteiger partial charge in [0, 0.05) is 32.2 Å². The molecule has 6 heteroatoms. The second-order valence-electron chi connectivity index (χ2n) is 3.73. The number of anilines is 1. The van der Waals surface area contributed by atoms with Crippen molar-refractivity contribution < 1.29 is 17.9 Å². The number of piperazine rings is 1. The lowest BCUT2D eigenvalue weighted by atomic mass is 10.2. The van der Waals surface area contributed by atoms with Crippen molar-refractivity contribution in [2.24, 2.45) is 0 Å². The molecule has 1 aliphatic rings. The number of nitrogens with zero attached hydrogens (tertiary/aromatic N) is 1. The van der Waals surface area contributed by atoms with Gasteiger partial charge in [-0.05, 0) is 12.1 Å². The number of alkyl halides is 2. The largest absolute Gasteiger partial charge is 0.433 e. The average molecular weight is 246 g/mol. The van der Waals surface area contributed by atoms with Crippen molar-refractivity contribution >= 4 is 5.69 Å². The summed E-state index contributed by atoms with van der Waals surface area (Å²) in [6, 6.07) is 3.57. The van der Waals surface area contributed by atoms with Crippen LogP contribution in [0.3, 0.4) is 0 Å². The first kappa shape index (κ1) is 12.0. The van der Waals surface area contributed by atoms with E-state index < -0.39 is 12.4 Å². The molecule has 1 saturated heterocycles. The zero-order valence-electron chi connectivity index (χ0n) is 9.13. The van der Waals surface area contributed by atoms with Crippen molar-refractivity contribution in [2.45, 2.75) is 6.61 Å². The summed E-state index contributed by atoms with van der Waals surface area (Å²) in [5.41, 5.74) is 0.381. The third-order valence-corrected chi connectivity index (χ3v) is 2.59. The predicted octanol–water partition coefficient (Wildman–Crippen LogP) is 1.84. The molecule has 0 bridgehead atoms. The monoisotopic (exact) mass is 246 g/mol. The van der Waals surface area contributed by atoms with E-state index in [0.717, 1.165) is 19.2 Å². The van der Waals surface area contributed by atoms with Crippen LogP contribution in [0.25, 0.3) is 0 Å². The summed E-state index contributed by atoms with van der Waals surface area (Å²) >= 11 is 0. The van der Waals surface area contributed by atoms with Crippen molar-refractivity contribution in [2.75, 3.05) is 31.1 Å². The Morgan fingerprint density at radius 2 is 1.94 bits per heavy atom. The van der Waals surface area contributed by atoms with E-state index in [1.54, 1.807) is 0 Å². The Morgan fingerprint density at radius 1 is 1.24 bits per heavy atom. The van der Waals surface area contributed by atoms with E-state index in [1.165, 1.54) is 12.1 Å². The van der Waals surface area contributed by atoms with Gasteiger partial charge in [0.05, 0.1) is 5.69 Å². The zero-order chi connectivity index (χ0) is 12.3. The van der Waals surface area contributed by atoms with Gasteiger partial charge in [0.15, 0.2) is 0 Å². The lowest BCUT2D eigenvalue weighted by Gasteiger charge is -2.30. The van der Waals surface area contributed by atoms with Crippen LogP contribution in [0.4, 0.5) is 18.9 Å². The Balaban J connectivity index is 2.25. The molecule has 3 nitrogen and oxygen atoms in total. The minimum atomic E-state index is -2.90. The second kappa shape index (κ2) is 5.27. The van der Waals surface area contributed by atoms with Crippen LogP contribution in [0.5, 0.6) is 5.75 Å². The van der Waals surface area contributed by atoms with E-state index in [9.17, 15) is 13.2 Å². The molecule has 94 valence electrons. The van der Waals surface area contributed by atoms with E-state index in [1.807, 2.05) is 4.90 Å². The minimum Gasteiger partial charge on any atom is -0.433 e. The molecule has 0 spiro atoms. The summed E-state index contributed by atoms with van der Waals surface area (Å²) in [4.78, 5) is 1.83. The molecule has 1 fully saturated rings. The molecule has 0 aromatic heterocycles. The van der Waals surface area contributed by atoms with Crippen LogP contribution in [0.2, 0.25) is 0 Å². The number of rotatable bonds is 3. The number of hydrogen-bond donors (Lipinski definition) is 1. The van der Waals surface area contributed by atoms with Crippen molar-refractivity contribution in [1.29, 1.82) is 0 Å². The molecule has 1 aromatic rings. The molecule has 0 aliphatic carbocycles. The first-order chi connectivity index (χ1) is 8.16. The molecule has 2 rings (SSSR count). The molecule has 1 heterocycles.